The summed E-state index contributed by atoms with van der Waals surface area (Å²) in [6.07, 6.45) is 0.773. The lowest BCUT2D eigenvalue weighted by Gasteiger charge is -2.09. The molecule has 27 heavy (non-hydrogen) atoms. The maximum Gasteiger partial charge on any atom is 0.195 e. The highest BCUT2D eigenvalue weighted by molar-refractivity contribution is 6.35. The highest BCUT2D eigenvalue weighted by Gasteiger charge is 2.12. The second-order valence-corrected chi connectivity index (χ2v) is 6.13. The van der Waals surface area contributed by atoms with Crippen molar-refractivity contribution in [1.29, 1.82) is 0 Å². The largest absolute Gasteiger partial charge is 0.291 e. The Hall–Kier alpha value is -3.33. The molecule has 0 atom stereocenters. The van der Waals surface area contributed by atoms with E-state index in [0.717, 1.165) is 23.1 Å². The first kappa shape index (κ1) is 20.0. The van der Waals surface area contributed by atoms with E-state index in [1.54, 1.807) is 0 Å². The molecule has 0 unspecified atom stereocenters. The first-order valence-corrected chi connectivity index (χ1v) is 8.72. The molecule has 3 heteroatoms. The third kappa shape index (κ3) is 6.15. The number of hydrogen-bond acceptors (Lipinski definition) is 3. The van der Waals surface area contributed by atoms with Crippen LogP contribution in [-0.2, 0) is 16.0 Å². The van der Waals surface area contributed by atoms with E-state index in [9.17, 15) is 14.4 Å². The lowest BCUT2D eigenvalue weighted by atomic mass is 9.94. The molecule has 3 aromatic rings. The molecular formula is C24H22O3. The maximum absolute atomic E-state index is 12.7. The van der Waals surface area contributed by atoms with Gasteiger partial charge in [0.15, 0.2) is 17.3 Å². The van der Waals surface area contributed by atoms with Crippen LogP contribution >= 0.6 is 0 Å². The van der Waals surface area contributed by atoms with Crippen LogP contribution in [0.25, 0.3) is 0 Å². The molecule has 0 saturated carbocycles. The molecule has 0 fully saturated rings. The highest BCUT2D eigenvalue weighted by atomic mass is 16.2. The van der Waals surface area contributed by atoms with Crippen molar-refractivity contribution < 1.29 is 14.4 Å². The van der Waals surface area contributed by atoms with E-state index >= 15 is 0 Å². The zero-order valence-electron chi connectivity index (χ0n) is 15.5. The average Bonchev–Trinajstić information content (AvgIpc) is 2.70. The summed E-state index contributed by atoms with van der Waals surface area (Å²) in [5.74, 6) is -0.674. The predicted molar refractivity (Wildman–Crippen MR) is 107 cm³/mol. The number of benzene rings is 3. The number of rotatable bonds is 5. The lowest BCUT2D eigenvalue weighted by molar-refractivity contribution is -0.134. The summed E-state index contributed by atoms with van der Waals surface area (Å²) in [5, 5.41) is 0. The van der Waals surface area contributed by atoms with Crippen LogP contribution in [0.2, 0.25) is 0 Å². The molecule has 0 N–H and O–H groups in total. The third-order valence-electron chi connectivity index (χ3n) is 4.03. The molecule has 0 radical (unpaired) electrons. The molecule has 0 amide bonds. The second-order valence-electron chi connectivity index (χ2n) is 6.13. The Bertz CT molecular complexity index is 901. The first-order valence-electron chi connectivity index (χ1n) is 8.72. The highest BCUT2D eigenvalue weighted by Crippen LogP contribution is 2.18. The van der Waals surface area contributed by atoms with E-state index in [0.29, 0.717) is 0 Å². The number of carbonyl (C=O) groups is 3. The normalized spacial score (nSPS) is 9.70. The van der Waals surface area contributed by atoms with Crippen LogP contribution in [0.4, 0.5) is 0 Å². The molecule has 0 spiro atoms. The van der Waals surface area contributed by atoms with Gasteiger partial charge >= 0.3 is 0 Å². The first-order chi connectivity index (χ1) is 13.0. The van der Waals surface area contributed by atoms with Crippen molar-refractivity contribution in [3.63, 3.8) is 0 Å². The number of carbonyl (C=O) groups excluding carboxylic acids is 3. The van der Waals surface area contributed by atoms with Crippen LogP contribution in [-0.4, -0.2) is 17.3 Å². The number of ketones is 3. The van der Waals surface area contributed by atoms with E-state index in [4.69, 9.17) is 0 Å². The van der Waals surface area contributed by atoms with Crippen LogP contribution < -0.4 is 0 Å². The van der Waals surface area contributed by atoms with Gasteiger partial charge in [-0.05, 0) is 17.5 Å². The molecule has 3 aromatic carbocycles. The van der Waals surface area contributed by atoms with Gasteiger partial charge in [-0.3, -0.25) is 14.4 Å². The van der Waals surface area contributed by atoms with Gasteiger partial charge in [-0.15, -0.1) is 0 Å². The molecule has 3 nitrogen and oxygen atoms in total. The summed E-state index contributed by atoms with van der Waals surface area (Å²) in [6, 6.07) is 27.5. The second kappa shape index (κ2) is 9.97. The van der Waals surface area contributed by atoms with Crippen LogP contribution in [0, 0.1) is 0 Å². The molecule has 0 aliphatic carbocycles. The molecule has 0 heterocycles. The SMILES string of the molecule is CC(=O)C(C)=O.O=C(c1ccccc1)c1ccccc1Cc1ccccc1. The fourth-order valence-corrected chi connectivity index (χ4v) is 2.46. The van der Waals surface area contributed by atoms with Gasteiger partial charge in [0.1, 0.15) is 0 Å². The zero-order valence-corrected chi connectivity index (χ0v) is 15.5. The Balaban J connectivity index is 0.000000380. The molecule has 0 aliphatic rings. The predicted octanol–water partition coefficient (Wildman–Crippen LogP) is 4.67. The minimum Gasteiger partial charge on any atom is -0.291 e. The Morgan fingerprint density at radius 1 is 0.630 bits per heavy atom. The van der Waals surface area contributed by atoms with Gasteiger partial charge in [-0.1, -0.05) is 84.9 Å². The van der Waals surface area contributed by atoms with Crippen LogP contribution in [0.1, 0.15) is 40.9 Å². The minimum atomic E-state index is -0.380. The smallest absolute Gasteiger partial charge is 0.195 e. The van der Waals surface area contributed by atoms with Gasteiger partial charge in [0, 0.05) is 25.0 Å². The molecule has 0 saturated heterocycles. The minimum absolute atomic E-state index is 0.0853. The third-order valence-corrected chi connectivity index (χ3v) is 4.03. The van der Waals surface area contributed by atoms with Gasteiger partial charge in [-0.25, -0.2) is 0 Å². The quantitative estimate of drug-likeness (QED) is 0.492. The van der Waals surface area contributed by atoms with Crippen LogP contribution in [0.15, 0.2) is 84.9 Å². The summed E-state index contributed by atoms with van der Waals surface area (Å²) in [4.78, 5) is 32.2. The van der Waals surface area contributed by atoms with Crippen molar-refractivity contribution in [2.45, 2.75) is 20.3 Å². The number of Topliss-reactive ketones (excluding diaryl/α,β-unsaturated/α-hetero) is 2. The Morgan fingerprint density at radius 2 is 1.11 bits per heavy atom. The van der Waals surface area contributed by atoms with E-state index in [-0.39, 0.29) is 17.3 Å². The number of hydrogen-bond donors (Lipinski definition) is 0. The lowest BCUT2D eigenvalue weighted by Crippen LogP contribution is -2.05. The summed E-state index contributed by atoms with van der Waals surface area (Å²) >= 11 is 0. The zero-order chi connectivity index (χ0) is 19.6. The average molecular weight is 358 g/mol. The summed E-state index contributed by atoms with van der Waals surface area (Å²) in [6.45, 7) is 2.50. The molecule has 0 aromatic heterocycles. The monoisotopic (exact) mass is 358 g/mol. The molecule has 3 rings (SSSR count). The molecule has 0 aliphatic heterocycles. The summed E-state index contributed by atoms with van der Waals surface area (Å²) in [5.41, 5.74) is 3.80. The molecule has 0 bridgehead atoms. The molecule has 136 valence electrons. The van der Waals surface area contributed by atoms with Crippen molar-refractivity contribution in [1.82, 2.24) is 0 Å². The van der Waals surface area contributed by atoms with Gasteiger partial charge in [0.2, 0.25) is 0 Å². The van der Waals surface area contributed by atoms with E-state index < -0.39 is 0 Å². The van der Waals surface area contributed by atoms with Gasteiger partial charge < -0.3 is 0 Å². The van der Waals surface area contributed by atoms with Crippen molar-refractivity contribution in [3.05, 3.63) is 107 Å². The van der Waals surface area contributed by atoms with Gasteiger partial charge in [0.25, 0.3) is 0 Å². The van der Waals surface area contributed by atoms with Gasteiger partial charge in [-0.2, -0.15) is 0 Å². The molecular weight excluding hydrogens is 336 g/mol. The van der Waals surface area contributed by atoms with Gasteiger partial charge in [0.05, 0.1) is 0 Å². The standard InChI is InChI=1S/C20H16O.C4H6O2/c21-20(17-11-5-2-6-12-17)19-14-8-7-13-18(19)15-16-9-3-1-4-10-16;1-3(5)4(2)6/h1-14H,15H2;1-2H3. The Morgan fingerprint density at radius 3 is 1.67 bits per heavy atom. The summed E-state index contributed by atoms with van der Waals surface area (Å²) in [7, 11) is 0. The van der Waals surface area contributed by atoms with E-state index in [1.807, 2.05) is 72.8 Å². The van der Waals surface area contributed by atoms with Crippen molar-refractivity contribution in [2.24, 2.45) is 0 Å². The summed E-state index contributed by atoms with van der Waals surface area (Å²) < 4.78 is 0. The van der Waals surface area contributed by atoms with Crippen molar-refractivity contribution >= 4 is 17.3 Å². The fraction of sp³-hybridized carbons (Fsp3) is 0.125. The van der Waals surface area contributed by atoms with Crippen molar-refractivity contribution in [2.75, 3.05) is 0 Å². The topological polar surface area (TPSA) is 51.2 Å². The maximum atomic E-state index is 12.7. The van der Waals surface area contributed by atoms with E-state index in [1.165, 1.54) is 19.4 Å². The van der Waals surface area contributed by atoms with E-state index in [2.05, 4.69) is 12.1 Å². The van der Waals surface area contributed by atoms with Crippen LogP contribution in [0.3, 0.4) is 0 Å². The van der Waals surface area contributed by atoms with Crippen molar-refractivity contribution in [3.8, 4) is 0 Å². The van der Waals surface area contributed by atoms with Crippen LogP contribution in [0.5, 0.6) is 0 Å². The Kier molecular flexibility index (Phi) is 7.38. The Labute approximate surface area is 159 Å². The fourth-order valence-electron chi connectivity index (χ4n) is 2.46.